The molecule has 3 rings (SSSR count). The molecule has 7 nitrogen and oxygen atoms in total. The molecule has 1 aromatic rings. The lowest BCUT2D eigenvalue weighted by molar-refractivity contribution is -0.871. The van der Waals surface area contributed by atoms with Gasteiger partial charge in [0.15, 0.2) is 11.5 Å². The predicted octanol–water partition coefficient (Wildman–Crippen LogP) is 2.18. The fourth-order valence-electron chi connectivity index (χ4n) is 3.27. The zero-order chi connectivity index (χ0) is 20.6. The van der Waals surface area contributed by atoms with Crippen molar-refractivity contribution in [3.05, 3.63) is 44.1 Å². The molecule has 2 heterocycles. The molecule has 0 atom stereocenters. The molecular weight excluding hydrogens is 354 g/mol. The largest absolute Gasteiger partial charge is 0.352 e. The molecule has 2 aliphatic heterocycles. The molecule has 1 aromatic carbocycles. The second-order valence-corrected chi connectivity index (χ2v) is 8.58. The van der Waals surface area contributed by atoms with E-state index in [2.05, 4.69) is 29.9 Å². The highest BCUT2D eigenvalue weighted by atomic mass is 16.2. The molecule has 0 bridgehead atoms. The van der Waals surface area contributed by atoms with Crippen molar-refractivity contribution in [2.24, 2.45) is 0 Å². The Morgan fingerprint density at radius 3 is 2.29 bits per heavy atom. The first-order valence-corrected chi connectivity index (χ1v) is 9.85. The van der Waals surface area contributed by atoms with Gasteiger partial charge in [-0.2, -0.15) is 4.98 Å². The van der Waals surface area contributed by atoms with Crippen LogP contribution in [0.2, 0.25) is 0 Å². The molecule has 0 aliphatic carbocycles. The summed E-state index contributed by atoms with van der Waals surface area (Å²) in [6.45, 7) is 7.89. The third-order valence-corrected chi connectivity index (χ3v) is 5.19. The molecule has 0 amide bonds. The zero-order valence-corrected chi connectivity index (χ0v) is 17.7. The topological polar surface area (TPSA) is 69.8 Å². The Morgan fingerprint density at radius 2 is 1.64 bits per heavy atom. The van der Waals surface area contributed by atoms with E-state index in [1.165, 1.54) is 4.57 Å². The van der Waals surface area contributed by atoms with E-state index in [4.69, 9.17) is 0 Å². The van der Waals surface area contributed by atoms with Gasteiger partial charge in [-0.1, -0.05) is 13.3 Å². The van der Waals surface area contributed by atoms with Crippen molar-refractivity contribution in [3.63, 3.8) is 0 Å². The van der Waals surface area contributed by atoms with Crippen LogP contribution in [-0.4, -0.2) is 51.3 Å². The summed E-state index contributed by atoms with van der Waals surface area (Å²) in [7, 11) is 6.08. The van der Waals surface area contributed by atoms with Crippen LogP contribution in [0.15, 0.2) is 21.7 Å². The number of benzene rings is 1. The van der Waals surface area contributed by atoms with Crippen molar-refractivity contribution in [1.82, 2.24) is 19.1 Å². The molecule has 150 valence electrons. The molecule has 28 heavy (non-hydrogen) atoms. The van der Waals surface area contributed by atoms with Gasteiger partial charge in [-0.3, -0.25) is 9.36 Å². The van der Waals surface area contributed by atoms with E-state index in [9.17, 15) is 9.59 Å². The van der Waals surface area contributed by atoms with E-state index in [-0.39, 0.29) is 11.3 Å². The first-order valence-electron chi connectivity index (χ1n) is 9.85. The van der Waals surface area contributed by atoms with Crippen LogP contribution in [0.4, 0.5) is 0 Å². The molecule has 0 N–H and O–H groups in total. The van der Waals surface area contributed by atoms with E-state index >= 15 is 0 Å². The van der Waals surface area contributed by atoms with E-state index < -0.39 is 5.69 Å². The standard InChI is InChI=1S/C21H30N5O2/c1-7-8-9-24-17-13-15(3)14(2)12-16(17)22-18-19(24)23-21(28)25(20(18)27)10-11-26(4,5)6/h12-13H,7-11H2,1-6H3/q+1. The Kier molecular flexibility index (Phi) is 5.39. The number of aryl methyl sites for hydroxylation is 3. The van der Waals surface area contributed by atoms with Gasteiger partial charge in [-0.05, 0) is 43.5 Å². The fraction of sp³-hybridized carbons (Fsp3) is 0.524. The normalized spacial score (nSPS) is 12.2. The number of nitrogens with zero attached hydrogens (tertiary/aromatic N) is 5. The molecule has 0 saturated carbocycles. The minimum absolute atomic E-state index is 0.271. The van der Waals surface area contributed by atoms with Crippen LogP contribution in [0, 0.1) is 13.8 Å². The maximum Gasteiger partial charge on any atom is 0.352 e. The molecule has 0 unspecified atom stereocenters. The van der Waals surface area contributed by atoms with Gasteiger partial charge in [-0.25, -0.2) is 9.78 Å². The number of fused-ring (bicyclic) bond motifs is 2. The summed E-state index contributed by atoms with van der Waals surface area (Å²) in [5.74, 6) is 0.390. The lowest BCUT2D eigenvalue weighted by atomic mass is 10.1. The summed E-state index contributed by atoms with van der Waals surface area (Å²) in [5, 5.41) is 0. The summed E-state index contributed by atoms with van der Waals surface area (Å²) in [6.07, 6.45) is 1.94. The molecule has 7 heteroatoms. The second kappa shape index (κ2) is 7.47. The van der Waals surface area contributed by atoms with Crippen LogP contribution < -0.4 is 11.2 Å². The maximum atomic E-state index is 13.1. The summed E-state index contributed by atoms with van der Waals surface area (Å²) in [5.41, 5.74) is 3.38. The summed E-state index contributed by atoms with van der Waals surface area (Å²) < 4.78 is 3.86. The van der Waals surface area contributed by atoms with Gasteiger partial charge in [0.05, 0.1) is 45.3 Å². The van der Waals surface area contributed by atoms with Crippen LogP contribution >= 0.6 is 0 Å². The highest BCUT2D eigenvalue weighted by Crippen LogP contribution is 2.24. The van der Waals surface area contributed by atoms with E-state index in [0.717, 1.165) is 35.0 Å². The molecule has 0 fully saturated rings. The minimum atomic E-state index is -0.499. The minimum Gasteiger partial charge on any atom is -0.329 e. The quantitative estimate of drug-likeness (QED) is 0.482. The Bertz CT molecular complexity index is 1100. The van der Waals surface area contributed by atoms with Gasteiger partial charge < -0.3 is 9.05 Å². The van der Waals surface area contributed by atoms with Gasteiger partial charge in [-0.15, -0.1) is 0 Å². The first kappa shape index (κ1) is 20.2. The molecule has 2 aliphatic rings. The van der Waals surface area contributed by atoms with Crippen molar-refractivity contribution in [1.29, 1.82) is 0 Å². The summed E-state index contributed by atoms with van der Waals surface area (Å²) in [4.78, 5) is 34.7. The van der Waals surface area contributed by atoms with Crippen molar-refractivity contribution in [3.8, 4) is 11.5 Å². The smallest absolute Gasteiger partial charge is 0.329 e. The predicted molar refractivity (Wildman–Crippen MR) is 112 cm³/mol. The lowest BCUT2D eigenvalue weighted by Gasteiger charge is -2.24. The molecular formula is C21H30N5O2+. The Balaban J connectivity index is 2.31. The van der Waals surface area contributed by atoms with Crippen LogP contribution in [-0.2, 0) is 13.1 Å². The van der Waals surface area contributed by atoms with Crippen molar-refractivity contribution in [2.75, 3.05) is 27.7 Å². The first-order chi connectivity index (χ1) is 13.1. The Labute approximate surface area is 165 Å². The number of unbranched alkanes of at least 4 members (excludes halogenated alkanes) is 1. The number of aromatic nitrogens is 4. The second-order valence-electron chi connectivity index (χ2n) is 8.58. The lowest BCUT2D eigenvalue weighted by Crippen LogP contribution is -2.44. The molecule has 0 spiro atoms. The van der Waals surface area contributed by atoms with Crippen LogP contribution in [0.1, 0.15) is 30.9 Å². The van der Waals surface area contributed by atoms with Crippen LogP contribution in [0.5, 0.6) is 0 Å². The number of rotatable bonds is 6. The van der Waals surface area contributed by atoms with Gasteiger partial charge >= 0.3 is 5.69 Å². The van der Waals surface area contributed by atoms with Crippen molar-refractivity contribution < 1.29 is 4.48 Å². The Hall–Kier alpha value is -2.54. The number of hydrogen-bond donors (Lipinski definition) is 0. The maximum absolute atomic E-state index is 13.1. The average molecular weight is 385 g/mol. The number of quaternary nitrogens is 1. The third-order valence-electron chi connectivity index (χ3n) is 5.19. The monoisotopic (exact) mass is 384 g/mol. The van der Waals surface area contributed by atoms with Gasteiger partial charge in [0.25, 0.3) is 5.56 Å². The van der Waals surface area contributed by atoms with Crippen LogP contribution in [0.25, 0.3) is 22.6 Å². The third kappa shape index (κ3) is 3.85. The van der Waals surface area contributed by atoms with E-state index in [1.54, 1.807) is 0 Å². The molecule has 0 saturated heterocycles. The van der Waals surface area contributed by atoms with E-state index in [0.29, 0.717) is 29.9 Å². The average Bonchev–Trinajstić information content (AvgIpc) is 2.60. The van der Waals surface area contributed by atoms with Gasteiger partial charge in [0.1, 0.15) is 0 Å². The fourth-order valence-corrected chi connectivity index (χ4v) is 3.27. The highest BCUT2D eigenvalue weighted by Gasteiger charge is 2.22. The Morgan fingerprint density at radius 1 is 0.964 bits per heavy atom. The summed E-state index contributed by atoms with van der Waals surface area (Å²) >= 11 is 0. The van der Waals surface area contributed by atoms with Crippen molar-refractivity contribution in [2.45, 2.75) is 46.7 Å². The van der Waals surface area contributed by atoms with Crippen molar-refractivity contribution >= 4 is 11.0 Å². The van der Waals surface area contributed by atoms with E-state index in [1.807, 2.05) is 38.7 Å². The zero-order valence-electron chi connectivity index (χ0n) is 17.7. The summed E-state index contributed by atoms with van der Waals surface area (Å²) in [6, 6.07) is 4.08. The number of hydrogen-bond acceptors (Lipinski definition) is 4. The number of likely N-dealkylation sites (N-methyl/N-ethyl adjacent to an activating group) is 1. The van der Waals surface area contributed by atoms with Gasteiger partial charge in [0, 0.05) is 6.54 Å². The van der Waals surface area contributed by atoms with Crippen LogP contribution in [0.3, 0.4) is 0 Å². The SMILES string of the molecule is CCCCn1c2nc(=O)n(CC[N+](C)(C)C)c(=O)c-2nc2cc(C)c(C)cc21. The molecule has 0 radical (unpaired) electrons. The molecule has 0 aromatic heterocycles. The van der Waals surface area contributed by atoms with Gasteiger partial charge in [0.2, 0.25) is 0 Å². The highest BCUT2D eigenvalue weighted by molar-refractivity contribution is 5.81.